The smallest absolute Gasteiger partial charge is 0.167 e. The van der Waals surface area contributed by atoms with Crippen LogP contribution in [0.2, 0.25) is 0 Å². The first-order valence-electron chi connectivity index (χ1n) is 4.99. The van der Waals surface area contributed by atoms with Crippen molar-refractivity contribution in [3.63, 3.8) is 0 Å². The third-order valence-electron chi connectivity index (χ3n) is 2.47. The van der Waals surface area contributed by atoms with Gasteiger partial charge in [-0.1, -0.05) is 6.92 Å². The molecule has 16 heavy (non-hydrogen) atoms. The quantitative estimate of drug-likeness (QED) is 0.724. The highest BCUT2D eigenvalue weighted by Crippen LogP contribution is 2.38. The second kappa shape index (κ2) is 5.49. The molecule has 88 valence electrons. The van der Waals surface area contributed by atoms with Crippen molar-refractivity contribution in [1.82, 2.24) is 0 Å². The van der Waals surface area contributed by atoms with Crippen molar-refractivity contribution in [1.29, 1.82) is 0 Å². The fourth-order valence-electron chi connectivity index (χ4n) is 1.65. The minimum Gasteiger partial charge on any atom is -0.493 e. The van der Waals surface area contributed by atoms with Gasteiger partial charge in [0, 0.05) is 12.0 Å². The minimum absolute atomic E-state index is 0.234. The zero-order chi connectivity index (χ0) is 12.1. The molecule has 0 aliphatic heterocycles. The number of methoxy groups -OCH3 is 2. The van der Waals surface area contributed by atoms with Gasteiger partial charge < -0.3 is 14.3 Å². The van der Waals surface area contributed by atoms with Crippen molar-refractivity contribution in [2.24, 2.45) is 0 Å². The summed E-state index contributed by atoms with van der Waals surface area (Å²) in [5.74, 6) is 0.211. The number of hydrogen-bond acceptors (Lipinski definition) is 3. The third kappa shape index (κ3) is 2.32. The van der Waals surface area contributed by atoms with E-state index in [-0.39, 0.29) is 18.2 Å². The molecule has 0 N–H and O–H groups in total. The lowest BCUT2D eigenvalue weighted by atomic mass is 9.96. The molecule has 1 aromatic carbocycles. The number of hydrogen-bond donors (Lipinski definition) is 0. The summed E-state index contributed by atoms with van der Waals surface area (Å²) in [7, 11) is 2.94. The molecular formula is C12H15FO3. The molecule has 0 bridgehead atoms. The molecule has 0 spiro atoms. The van der Waals surface area contributed by atoms with E-state index in [4.69, 9.17) is 9.47 Å². The van der Waals surface area contributed by atoms with Crippen molar-refractivity contribution >= 4 is 6.29 Å². The van der Waals surface area contributed by atoms with Gasteiger partial charge in [0.2, 0.25) is 0 Å². The Balaban J connectivity index is 3.27. The Bertz CT molecular complexity index is 377. The molecule has 4 heteroatoms. The molecule has 0 heterocycles. The second-order valence-electron chi connectivity index (χ2n) is 3.50. The van der Waals surface area contributed by atoms with Gasteiger partial charge in [0.1, 0.15) is 12.1 Å². The van der Waals surface area contributed by atoms with Gasteiger partial charge in [-0.15, -0.1) is 0 Å². The van der Waals surface area contributed by atoms with Crippen molar-refractivity contribution < 1.29 is 18.7 Å². The van der Waals surface area contributed by atoms with Crippen LogP contribution >= 0.6 is 0 Å². The lowest BCUT2D eigenvalue weighted by molar-refractivity contribution is -0.108. The van der Waals surface area contributed by atoms with Crippen LogP contribution in [0, 0.1) is 5.82 Å². The zero-order valence-electron chi connectivity index (χ0n) is 9.62. The minimum atomic E-state index is -0.382. The number of halogens is 1. The Morgan fingerprint density at radius 1 is 1.38 bits per heavy atom. The van der Waals surface area contributed by atoms with Gasteiger partial charge in [0.15, 0.2) is 11.5 Å². The summed E-state index contributed by atoms with van der Waals surface area (Å²) < 4.78 is 23.9. The first-order valence-corrected chi connectivity index (χ1v) is 4.99. The highest BCUT2D eigenvalue weighted by atomic mass is 19.1. The van der Waals surface area contributed by atoms with Crippen LogP contribution in [0.4, 0.5) is 4.39 Å². The lowest BCUT2D eigenvalue weighted by Crippen LogP contribution is -2.03. The molecular weight excluding hydrogens is 211 g/mol. The maximum atomic E-state index is 13.7. The Labute approximate surface area is 94.2 Å². The Morgan fingerprint density at radius 3 is 2.56 bits per heavy atom. The molecule has 1 rings (SSSR count). The van der Waals surface area contributed by atoms with E-state index in [0.29, 0.717) is 17.1 Å². The van der Waals surface area contributed by atoms with Gasteiger partial charge in [-0.25, -0.2) is 4.39 Å². The van der Waals surface area contributed by atoms with E-state index in [0.717, 1.165) is 6.29 Å². The molecule has 0 aromatic heterocycles. The number of carbonyl (C=O) groups is 1. The largest absolute Gasteiger partial charge is 0.493 e. The average molecular weight is 226 g/mol. The van der Waals surface area contributed by atoms with E-state index in [9.17, 15) is 9.18 Å². The number of benzene rings is 1. The zero-order valence-corrected chi connectivity index (χ0v) is 9.62. The van der Waals surface area contributed by atoms with Crippen molar-refractivity contribution in [3.05, 3.63) is 23.5 Å². The molecule has 0 saturated carbocycles. The molecule has 0 saturated heterocycles. The monoisotopic (exact) mass is 226 g/mol. The molecule has 1 aromatic rings. The van der Waals surface area contributed by atoms with Crippen LogP contribution in [-0.2, 0) is 4.79 Å². The SMILES string of the molecule is COc1ccc(F)c(C(C)CC=O)c1OC. The van der Waals surface area contributed by atoms with Gasteiger partial charge >= 0.3 is 0 Å². The fraction of sp³-hybridized carbons (Fsp3) is 0.417. The van der Waals surface area contributed by atoms with E-state index >= 15 is 0 Å². The van der Waals surface area contributed by atoms with Crippen LogP contribution in [0.3, 0.4) is 0 Å². The normalized spacial score (nSPS) is 12.0. The molecule has 0 amide bonds. The third-order valence-corrected chi connectivity index (χ3v) is 2.47. The Kier molecular flexibility index (Phi) is 4.28. The van der Waals surface area contributed by atoms with E-state index in [1.54, 1.807) is 6.92 Å². The lowest BCUT2D eigenvalue weighted by Gasteiger charge is -2.17. The molecule has 3 nitrogen and oxygen atoms in total. The van der Waals surface area contributed by atoms with Gasteiger partial charge in [-0.05, 0) is 18.1 Å². The van der Waals surface area contributed by atoms with Gasteiger partial charge in [0.05, 0.1) is 14.2 Å². The van der Waals surface area contributed by atoms with Crippen LogP contribution in [0.1, 0.15) is 24.8 Å². The average Bonchev–Trinajstić information content (AvgIpc) is 2.28. The second-order valence-corrected chi connectivity index (χ2v) is 3.50. The molecule has 0 aliphatic rings. The number of aldehydes is 1. The molecule has 0 fully saturated rings. The molecule has 1 atom stereocenters. The van der Waals surface area contributed by atoms with E-state index in [2.05, 4.69) is 0 Å². The summed E-state index contributed by atoms with van der Waals surface area (Å²) in [4.78, 5) is 10.5. The van der Waals surface area contributed by atoms with Crippen LogP contribution in [0.25, 0.3) is 0 Å². The first kappa shape index (κ1) is 12.5. The Morgan fingerprint density at radius 2 is 2.06 bits per heavy atom. The van der Waals surface area contributed by atoms with E-state index in [1.165, 1.54) is 26.4 Å². The first-order chi connectivity index (χ1) is 7.65. The fourth-order valence-corrected chi connectivity index (χ4v) is 1.65. The standard InChI is InChI=1S/C12H15FO3/c1-8(6-7-14)11-9(13)4-5-10(15-2)12(11)16-3/h4-5,7-8H,6H2,1-3H3. The van der Waals surface area contributed by atoms with E-state index in [1.807, 2.05) is 0 Å². The maximum absolute atomic E-state index is 13.7. The van der Waals surface area contributed by atoms with Crippen LogP contribution in [0.5, 0.6) is 11.5 Å². The van der Waals surface area contributed by atoms with Crippen molar-refractivity contribution in [2.75, 3.05) is 14.2 Å². The molecule has 0 radical (unpaired) electrons. The van der Waals surface area contributed by atoms with E-state index < -0.39 is 0 Å². The number of ether oxygens (including phenoxy) is 2. The van der Waals surface area contributed by atoms with Crippen molar-refractivity contribution in [2.45, 2.75) is 19.3 Å². The van der Waals surface area contributed by atoms with Gasteiger partial charge in [0.25, 0.3) is 0 Å². The van der Waals surface area contributed by atoms with Crippen LogP contribution < -0.4 is 9.47 Å². The highest BCUT2D eigenvalue weighted by molar-refractivity contribution is 5.55. The van der Waals surface area contributed by atoms with Crippen LogP contribution in [-0.4, -0.2) is 20.5 Å². The topological polar surface area (TPSA) is 35.5 Å². The summed E-state index contributed by atoms with van der Waals surface area (Å²) in [5, 5.41) is 0. The summed E-state index contributed by atoms with van der Waals surface area (Å²) in [5.41, 5.74) is 0.383. The summed E-state index contributed by atoms with van der Waals surface area (Å²) in [6, 6.07) is 2.82. The maximum Gasteiger partial charge on any atom is 0.167 e. The Hall–Kier alpha value is -1.58. The predicted molar refractivity (Wildman–Crippen MR) is 58.6 cm³/mol. The molecule has 0 aliphatic carbocycles. The van der Waals surface area contributed by atoms with Gasteiger partial charge in [-0.2, -0.15) is 0 Å². The predicted octanol–water partition coefficient (Wildman–Crippen LogP) is 2.54. The number of rotatable bonds is 5. The number of carbonyl (C=O) groups excluding carboxylic acids is 1. The summed E-state index contributed by atoms with van der Waals surface area (Å²) >= 11 is 0. The van der Waals surface area contributed by atoms with Crippen molar-refractivity contribution in [3.8, 4) is 11.5 Å². The highest BCUT2D eigenvalue weighted by Gasteiger charge is 2.20. The molecule has 1 unspecified atom stereocenters. The summed E-state index contributed by atoms with van der Waals surface area (Å²) in [6.45, 7) is 1.77. The van der Waals surface area contributed by atoms with Gasteiger partial charge in [-0.3, -0.25) is 0 Å². The van der Waals surface area contributed by atoms with Crippen LogP contribution in [0.15, 0.2) is 12.1 Å². The summed E-state index contributed by atoms with van der Waals surface area (Å²) in [6.07, 6.45) is 1.02.